The monoisotopic (exact) mass is 504 g/mol. The first-order valence-corrected chi connectivity index (χ1v) is 12.6. The number of morpholine rings is 1. The van der Waals surface area contributed by atoms with E-state index < -0.39 is 0 Å². The first-order chi connectivity index (χ1) is 16.5. The van der Waals surface area contributed by atoms with Gasteiger partial charge >= 0.3 is 0 Å². The summed E-state index contributed by atoms with van der Waals surface area (Å²) in [7, 11) is 1.48. The predicted molar refractivity (Wildman–Crippen MR) is 132 cm³/mol. The Kier molecular flexibility index (Phi) is 8.69. The molecule has 1 fully saturated rings. The molecule has 2 aliphatic heterocycles. The number of ether oxygens (including phenoxy) is 2. The van der Waals surface area contributed by atoms with Gasteiger partial charge in [-0.05, 0) is 29.1 Å². The van der Waals surface area contributed by atoms with Crippen LogP contribution in [0, 0.1) is 0 Å². The number of hydrogen-bond donors (Lipinski definition) is 0. The lowest BCUT2D eigenvalue weighted by Gasteiger charge is -2.31. The number of carbonyl (C=O) groups excluding carboxylic acids is 2. The van der Waals surface area contributed by atoms with Gasteiger partial charge in [0.15, 0.2) is 0 Å². The summed E-state index contributed by atoms with van der Waals surface area (Å²) in [5, 5.41) is 8.86. The average Bonchev–Trinajstić information content (AvgIpc) is 3.53. The van der Waals surface area contributed by atoms with Crippen molar-refractivity contribution in [3.63, 3.8) is 0 Å². The van der Waals surface area contributed by atoms with E-state index in [0.29, 0.717) is 37.7 Å². The first-order valence-electron chi connectivity index (χ1n) is 11.3. The number of halogens is 1. The Hall–Kier alpha value is -2.30. The Morgan fingerprint density at radius 1 is 1.24 bits per heavy atom. The summed E-state index contributed by atoms with van der Waals surface area (Å²) in [5.74, 6) is -0.438. The third kappa shape index (κ3) is 6.22. The fraction of sp³-hybridized carbons (Fsp3) is 0.458. The highest BCUT2D eigenvalue weighted by Crippen LogP contribution is 2.34. The second kappa shape index (κ2) is 11.9. The molecule has 3 heterocycles. The molecule has 0 N–H and O–H groups in total. The van der Waals surface area contributed by atoms with Crippen LogP contribution >= 0.6 is 22.9 Å². The molecule has 1 aromatic carbocycles. The van der Waals surface area contributed by atoms with Crippen molar-refractivity contribution in [1.29, 1.82) is 0 Å². The van der Waals surface area contributed by atoms with Crippen molar-refractivity contribution in [2.45, 2.75) is 12.5 Å². The summed E-state index contributed by atoms with van der Waals surface area (Å²) in [5.41, 5.74) is 1.82. The van der Waals surface area contributed by atoms with E-state index >= 15 is 0 Å². The standard InChI is InChI=1S/C24H29ClN4O4S/c1-32-17-24(31)28(9-8-27-10-12-33-13-11-27)16-23(30)29-21(18-4-6-19(25)7-5-18)15-20(26-29)22-3-2-14-34-22/h2-7,14,21H,8-13,15-17H2,1H3/t21-/m0/s1. The van der Waals surface area contributed by atoms with Crippen LogP contribution in [0.5, 0.6) is 0 Å². The van der Waals surface area contributed by atoms with Crippen molar-refractivity contribution in [1.82, 2.24) is 14.8 Å². The zero-order valence-electron chi connectivity index (χ0n) is 19.2. The lowest BCUT2D eigenvalue weighted by atomic mass is 10.0. The molecule has 1 aromatic heterocycles. The summed E-state index contributed by atoms with van der Waals surface area (Å²) < 4.78 is 10.5. The molecule has 1 atom stereocenters. The van der Waals surface area contributed by atoms with Gasteiger partial charge in [-0.3, -0.25) is 14.5 Å². The Balaban J connectivity index is 1.51. The smallest absolute Gasteiger partial charge is 0.262 e. The third-order valence-electron chi connectivity index (χ3n) is 5.96. The van der Waals surface area contributed by atoms with E-state index in [1.807, 2.05) is 41.8 Å². The van der Waals surface area contributed by atoms with Crippen molar-refractivity contribution in [2.75, 3.05) is 59.7 Å². The maximum absolute atomic E-state index is 13.5. The number of carbonyl (C=O) groups is 2. The van der Waals surface area contributed by atoms with E-state index in [1.54, 1.807) is 16.2 Å². The van der Waals surface area contributed by atoms with Crippen molar-refractivity contribution >= 4 is 40.5 Å². The van der Waals surface area contributed by atoms with Gasteiger partial charge in [-0.25, -0.2) is 5.01 Å². The molecule has 34 heavy (non-hydrogen) atoms. The maximum atomic E-state index is 13.5. The number of hydrogen-bond acceptors (Lipinski definition) is 7. The summed E-state index contributed by atoms with van der Waals surface area (Å²) in [6.07, 6.45) is 0.605. The minimum Gasteiger partial charge on any atom is -0.379 e. The molecule has 1 saturated heterocycles. The second-order valence-electron chi connectivity index (χ2n) is 8.24. The highest BCUT2D eigenvalue weighted by Gasteiger charge is 2.34. The molecular weight excluding hydrogens is 476 g/mol. The van der Waals surface area contributed by atoms with Crippen molar-refractivity contribution in [3.05, 3.63) is 57.2 Å². The van der Waals surface area contributed by atoms with Gasteiger partial charge in [-0.15, -0.1) is 11.3 Å². The number of nitrogens with zero attached hydrogens (tertiary/aromatic N) is 4. The highest BCUT2D eigenvalue weighted by molar-refractivity contribution is 7.12. The molecule has 0 aliphatic carbocycles. The zero-order valence-corrected chi connectivity index (χ0v) is 20.8. The number of rotatable bonds is 9. The van der Waals surface area contributed by atoms with Crippen LogP contribution in [0.2, 0.25) is 5.02 Å². The quantitative estimate of drug-likeness (QED) is 0.525. The maximum Gasteiger partial charge on any atom is 0.262 e. The van der Waals surface area contributed by atoms with E-state index in [2.05, 4.69) is 4.90 Å². The van der Waals surface area contributed by atoms with E-state index in [-0.39, 0.29) is 31.0 Å². The molecular formula is C24H29ClN4O4S. The van der Waals surface area contributed by atoms with Crippen LogP contribution in [0.4, 0.5) is 0 Å². The number of hydrazone groups is 1. The Labute approximate surface area is 208 Å². The van der Waals surface area contributed by atoms with Gasteiger partial charge < -0.3 is 14.4 Å². The summed E-state index contributed by atoms with van der Waals surface area (Å²) in [6, 6.07) is 11.2. The summed E-state index contributed by atoms with van der Waals surface area (Å²) >= 11 is 7.68. The second-order valence-corrected chi connectivity index (χ2v) is 9.62. The van der Waals surface area contributed by atoms with Crippen LogP contribution in [0.3, 0.4) is 0 Å². The van der Waals surface area contributed by atoms with Crippen molar-refractivity contribution < 1.29 is 19.1 Å². The fourth-order valence-electron chi connectivity index (χ4n) is 4.11. The van der Waals surface area contributed by atoms with E-state index in [0.717, 1.165) is 29.2 Å². The van der Waals surface area contributed by atoms with Gasteiger partial charge in [0.2, 0.25) is 5.91 Å². The van der Waals surface area contributed by atoms with Crippen LogP contribution in [0.1, 0.15) is 22.9 Å². The van der Waals surface area contributed by atoms with Crippen LogP contribution in [0.15, 0.2) is 46.9 Å². The fourth-order valence-corrected chi connectivity index (χ4v) is 4.95. The minimum atomic E-state index is -0.250. The van der Waals surface area contributed by atoms with E-state index in [1.165, 1.54) is 12.1 Å². The molecule has 0 spiro atoms. The largest absolute Gasteiger partial charge is 0.379 e. The molecule has 0 radical (unpaired) electrons. The van der Waals surface area contributed by atoms with Gasteiger partial charge in [-0.2, -0.15) is 5.10 Å². The number of thiophene rings is 1. The number of methoxy groups -OCH3 is 1. The Morgan fingerprint density at radius 2 is 2.00 bits per heavy atom. The van der Waals surface area contributed by atoms with E-state index in [9.17, 15) is 9.59 Å². The van der Waals surface area contributed by atoms with Gasteiger partial charge in [0.25, 0.3) is 5.91 Å². The van der Waals surface area contributed by atoms with Crippen LogP contribution in [-0.4, -0.2) is 92.0 Å². The minimum absolute atomic E-state index is 0.0577. The lowest BCUT2D eigenvalue weighted by molar-refractivity contribution is -0.143. The number of benzene rings is 1. The SMILES string of the molecule is COCC(=O)N(CCN1CCOCC1)CC(=O)N1N=C(c2cccs2)C[C@H]1c1ccc(Cl)cc1. The zero-order chi connectivity index (χ0) is 23.9. The van der Waals surface area contributed by atoms with Gasteiger partial charge in [0, 0.05) is 44.7 Å². The molecule has 0 saturated carbocycles. The molecule has 2 aliphatic rings. The summed E-state index contributed by atoms with van der Waals surface area (Å²) in [4.78, 5) is 31.1. The molecule has 2 aromatic rings. The van der Waals surface area contributed by atoms with Crippen LogP contribution in [0.25, 0.3) is 0 Å². The number of amides is 2. The van der Waals surface area contributed by atoms with Crippen LogP contribution in [-0.2, 0) is 19.1 Å². The van der Waals surface area contributed by atoms with Gasteiger partial charge in [0.1, 0.15) is 13.2 Å². The molecule has 10 heteroatoms. The van der Waals surface area contributed by atoms with Gasteiger partial charge in [0.05, 0.1) is 29.8 Å². The van der Waals surface area contributed by atoms with E-state index in [4.69, 9.17) is 26.2 Å². The first kappa shape index (κ1) is 24.8. The molecule has 2 amide bonds. The predicted octanol–water partition coefficient (Wildman–Crippen LogP) is 2.89. The Bertz CT molecular complexity index is 993. The third-order valence-corrected chi connectivity index (χ3v) is 7.13. The van der Waals surface area contributed by atoms with Crippen molar-refractivity contribution in [2.24, 2.45) is 5.10 Å². The summed E-state index contributed by atoms with van der Waals surface area (Å²) in [6.45, 7) is 3.99. The molecule has 182 valence electrons. The average molecular weight is 505 g/mol. The highest BCUT2D eigenvalue weighted by atomic mass is 35.5. The molecule has 8 nitrogen and oxygen atoms in total. The topological polar surface area (TPSA) is 74.7 Å². The van der Waals surface area contributed by atoms with Crippen LogP contribution < -0.4 is 0 Å². The molecule has 4 rings (SSSR count). The Morgan fingerprint density at radius 3 is 2.68 bits per heavy atom. The molecule has 0 unspecified atom stereocenters. The van der Waals surface area contributed by atoms with Gasteiger partial charge in [-0.1, -0.05) is 29.8 Å². The molecule has 0 bridgehead atoms. The normalized spacial score (nSPS) is 18.7. The lowest BCUT2D eigenvalue weighted by Crippen LogP contribution is -2.47. The van der Waals surface area contributed by atoms with Crippen molar-refractivity contribution in [3.8, 4) is 0 Å².